The number of carbonyl (C=O) groups excluding carboxylic acids is 1. The molecule has 1 aliphatic rings. The summed E-state index contributed by atoms with van der Waals surface area (Å²) in [6.45, 7) is 6.22. The van der Waals surface area contributed by atoms with Gasteiger partial charge in [-0.3, -0.25) is 4.79 Å². The Bertz CT molecular complexity index is 805. The third-order valence-corrected chi connectivity index (χ3v) is 4.38. The smallest absolute Gasteiger partial charge is 0.336 e. The van der Waals surface area contributed by atoms with Crippen LogP contribution in [0.2, 0.25) is 0 Å². The fraction of sp³-hybridized carbons (Fsp3) is 0.474. The van der Waals surface area contributed by atoms with Crippen LogP contribution in [0.3, 0.4) is 0 Å². The largest absolute Gasteiger partial charge is 0.481 e. The number of hydrogen-bond acceptors (Lipinski definition) is 5. The first-order valence-corrected chi connectivity index (χ1v) is 8.68. The van der Waals surface area contributed by atoms with Crippen molar-refractivity contribution < 1.29 is 18.7 Å². The molecular weight excluding hydrogens is 322 g/mol. The van der Waals surface area contributed by atoms with E-state index in [1.165, 1.54) is 6.07 Å². The first-order valence-electron chi connectivity index (χ1n) is 8.68. The molecule has 0 spiro atoms. The lowest BCUT2D eigenvalue weighted by atomic mass is 10.1. The fourth-order valence-corrected chi connectivity index (χ4v) is 3.05. The molecule has 2 heterocycles. The second-order valence-corrected chi connectivity index (χ2v) is 6.15. The van der Waals surface area contributed by atoms with Gasteiger partial charge < -0.3 is 18.8 Å². The normalized spacial score (nSPS) is 16.5. The van der Waals surface area contributed by atoms with Gasteiger partial charge in [-0.05, 0) is 37.5 Å². The van der Waals surface area contributed by atoms with Gasteiger partial charge in [0.25, 0.3) is 5.91 Å². The van der Waals surface area contributed by atoms with Crippen molar-refractivity contribution in [3.8, 4) is 5.75 Å². The number of rotatable bonds is 4. The van der Waals surface area contributed by atoms with Crippen molar-refractivity contribution in [2.24, 2.45) is 0 Å². The number of aryl methyl sites for hydroxylation is 1. The summed E-state index contributed by atoms with van der Waals surface area (Å²) in [5.74, 6) is 0.449. The third-order valence-electron chi connectivity index (χ3n) is 4.38. The van der Waals surface area contributed by atoms with Crippen LogP contribution in [0.1, 0.15) is 25.8 Å². The van der Waals surface area contributed by atoms with E-state index in [1.807, 2.05) is 13.0 Å². The van der Waals surface area contributed by atoms with Gasteiger partial charge in [0.15, 0.2) is 6.10 Å². The Labute approximate surface area is 146 Å². The zero-order chi connectivity index (χ0) is 17.8. The summed E-state index contributed by atoms with van der Waals surface area (Å²) in [4.78, 5) is 26.0. The molecule has 0 aliphatic carbocycles. The predicted molar refractivity (Wildman–Crippen MR) is 94.0 cm³/mol. The van der Waals surface area contributed by atoms with E-state index >= 15 is 0 Å². The molecule has 6 nitrogen and oxygen atoms in total. The van der Waals surface area contributed by atoms with E-state index in [-0.39, 0.29) is 11.5 Å². The minimum Gasteiger partial charge on any atom is -0.481 e. The number of benzene rings is 1. The van der Waals surface area contributed by atoms with E-state index < -0.39 is 6.10 Å². The van der Waals surface area contributed by atoms with E-state index in [0.717, 1.165) is 23.8 Å². The minimum atomic E-state index is -0.614. The fourth-order valence-electron chi connectivity index (χ4n) is 3.05. The van der Waals surface area contributed by atoms with Crippen molar-refractivity contribution in [3.05, 3.63) is 40.2 Å². The number of hydrogen-bond donors (Lipinski definition) is 0. The standard InChI is InChI=1S/C19H23NO5/c1-3-14-11-18(21)25-17-12-15(5-6-16(14)17)24-13(2)19(22)20-7-4-9-23-10-8-20/h5-6,11-13H,3-4,7-10H2,1-2H3. The molecular formula is C19H23NO5. The van der Waals surface area contributed by atoms with Gasteiger partial charge in [0.05, 0.1) is 6.61 Å². The van der Waals surface area contributed by atoms with Crippen LogP contribution in [0.15, 0.2) is 33.5 Å². The Morgan fingerprint density at radius 3 is 2.92 bits per heavy atom. The third kappa shape index (κ3) is 4.02. The number of nitrogens with zero attached hydrogens (tertiary/aromatic N) is 1. The molecule has 1 atom stereocenters. The summed E-state index contributed by atoms with van der Waals surface area (Å²) in [5, 5.41) is 0.887. The Balaban J connectivity index is 1.77. The van der Waals surface area contributed by atoms with Crippen molar-refractivity contribution in [2.45, 2.75) is 32.8 Å². The molecule has 6 heteroatoms. The van der Waals surface area contributed by atoms with Crippen molar-refractivity contribution in [1.82, 2.24) is 4.90 Å². The highest BCUT2D eigenvalue weighted by Crippen LogP contribution is 2.24. The molecule has 1 aromatic heterocycles. The number of carbonyl (C=O) groups is 1. The molecule has 1 fully saturated rings. The lowest BCUT2D eigenvalue weighted by molar-refractivity contribution is -0.138. The van der Waals surface area contributed by atoms with Crippen LogP contribution in [-0.4, -0.2) is 43.2 Å². The van der Waals surface area contributed by atoms with Crippen LogP contribution in [0.4, 0.5) is 0 Å². The maximum atomic E-state index is 12.5. The van der Waals surface area contributed by atoms with Gasteiger partial charge in [0.1, 0.15) is 11.3 Å². The first-order chi connectivity index (χ1) is 12.1. The molecule has 3 rings (SSSR count). The van der Waals surface area contributed by atoms with Crippen LogP contribution >= 0.6 is 0 Å². The molecule has 1 aromatic carbocycles. The van der Waals surface area contributed by atoms with E-state index in [4.69, 9.17) is 13.9 Å². The highest BCUT2D eigenvalue weighted by molar-refractivity contribution is 5.83. The average Bonchev–Trinajstić information content (AvgIpc) is 2.89. The van der Waals surface area contributed by atoms with E-state index in [9.17, 15) is 9.59 Å². The zero-order valence-electron chi connectivity index (χ0n) is 14.6. The average molecular weight is 345 g/mol. The van der Waals surface area contributed by atoms with Gasteiger partial charge in [0.2, 0.25) is 0 Å². The van der Waals surface area contributed by atoms with Crippen molar-refractivity contribution >= 4 is 16.9 Å². The second kappa shape index (κ2) is 7.70. The molecule has 0 bridgehead atoms. The van der Waals surface area contributed by atoms with Crippen molar-refractivity contribution in [2.75, 3.05) is 26.3 Å². The Kier molecular flexibility index (Phi) is 5.38. The van der Waals surface area contributed by atoms with Gasteiger partial charge >= 0.3 is 5.63 Å². The first kappa shape index (κ1) is 17.5. The van der Waals surface area contributed by atoms with E-state index in [1.54, 1.807) is 24.0 Å². The maximum Gasteiger partial charge on any atom is 0.336 e. The molecule has 0 radical (unpaired) electrons. The lowest BCUT2D eigenvalue weighted by Crippen LogP contribution is -2.41. The van der Waals surface area contributed by atoms with Crippen LogP contribution in [0.5, 0.6) is 5.75 Å². The highest BCUT2D eigenvalue weighted by atomic mass is 16.5. The van der Waals surface area contributed by atoms with E-state index in [2.05, 4.69) is 0 Å². The highest BCUT2D eigenvalue weighted by Gasteiger charge is 2.23. The van der Waals surface area contributed by atoms with Gasteiger partial charge in [-0.1, -0.05) is 6.92 Å². The molecule has 1 amide bonds. The number of fused-ring (bicyclic) bond motifs is 1. The van der Waals surface area contributed by atoms with Crippen LogP contribution in [0, 0.1) is 0 Å². The maximum absolute atomic E-state index is 12.5. The molecule has 1 unspecified atom stereocenters. The minimum absolute atomic E-state index is 0.0608. The van der Waals surface area contributed by atoms with Gasteiger partial charge in [-0.2, -0.15) is 0 Å². The van der Waals surface area contributed by atoms with Crippen LogP contribution < -0.4 is 10.4 Å². The summed E-state index contributed by atoms with van der Waals surface area (Å²) in [6.07, 6.45) is 0.963. The SMILES string of the molecule is CCc1cc(=O)oc2cc(OC(C)C(=O)N3CCCOCC3)ccc12. The topological polar surface area (TPSA) is 69.0 Å². The summed E-state index contributed by atoms with van der Waals surface area (Å²) < 4.78 is 16.4. The molecule has 1 aliphatic heterocycles. The number of ether oxygens (including phenoxy) is 2. The molecule has 134 valence electrons. The Hall–Kier alpha value is -2.34. The lowest BCUT2D eigenvalue weighted by Gasteiger charge is -2.24. The zero-order valence-corrected chi connectivity index (χ0v) is 14.6. The van der Waals surface area contributed by atoms with Gasteiger partial charge in [-0.15, -0.1) is 0 Å². The van der Waals surface area contributed by atoms with Crippen molar-refractivity contribution in [3.63, 3.8) is 0 Å². The molecule has 0 N–H and O–H groups in total. The van der Waals surface area contributed by atoms with Crippen LogP contribution in [-0.2, 0) is 16.0 Å². The van der Waals surface area contributed by atoms with Crippen LogP contribution in [0.25, 0.3) is 11.0 Å². The summed E-state index contributed by atoms with van der Waals surface area (Å²) in [7, 11) is 0. The number of amides is 1. The monoisotopic (exact) mass is 345 g/mol. The van der Waals surface area contributed by atoms with Gasteiger partial charge in [-0.25, -0.2) is 4.79 Å². The predicted octanol–water partition coefficient (Wildman–Crippen LogP) is 2.37. The summed E-state index contributed by atoms with van der Waals surface area (Å²) >= 11 is 0. The molecule has 25 heavy (non-hydrogen) atoms. The second-order valence-electron chi connectivity index (χ2n) is 6.15. The van der Waals surface area contributed by atoms with Gasteiger partial charge in [0, 0.05) is 37.2 Å². The quantitative estimate of drug-likeness (QED) is 0.796. The molecule has 1 saturated heterocycles. The molecule has 2 aromatic rings. The van der Waals surface area contributed by atoms with Crippen molar-refractivity contribution in [1.29, 1.82) is 0 Å². The Morgan fingerprint density at radius 1 is 1.28 bits per heavy atom. The summed E-state index contributed by atoms with van der Waals surface area (Å²) in [5.41, 5.74) is 1.03. The molecule has 0 saturated carbocycles. The Morgan fingerprint density at radius 2 is 2.12 bits per heavy atom. The summed E-state index contributed by atoms with van der Waals surface area (Å²) in [6, 6.07) is 6.85. The van der Waals surface area contributed by atoms with E-state index in [0.29, 0.717) is 37.6 Å².